The van der Waals surface area contributed by atoms with Gasteiger partial charge >= 0.3 is 0 Å². The van der Waals surface area contributed by atoms with Crippen LogP contribution in [0.1, 0.15) is 5.69 Å². The fraction of sp³-hybridized carbons (Fsp3) is 0.167. The summed E-state index contributed by atoms with van der Waals surface area (Å²) < 4.78 is 66.1. The average Bonchev–Trinajstić information content (AvgIpc) is 2.58. The third-order valence-electron chi connectivity index (χ3n) is 3.86. The quantitative estimate of drug-likeness (QED) is 0.602. The number of nitrogens with zero attached hydrogens (tertiary/aromatic N) is 1. The number of para-hydroxylation sites is 1. The van der Waals surface area contributed by atoms with Crippen LogP contribution in [-0.4, -0.2) is 34.3 Å². The van der Waals surface area contributed by atoms with Gasteiger partial charge in [0.1, 0.15) is 17.9 Å². The van der Waals surface area contributed by atoms with Crippen LogP contribution in [0.3, 0.4) is 0 Å². The van der Waals surface area contributed by atoms with Gasteiger partial charge < -0.3 is 0 Å². The van der Waals surface area contributed by atoms with Crippen molar-refractivity contribution in [2.24, 2.45) is 0 Å². The van der Waals surface area contributed by atoms with Crippen LogP contribution in [0, 0.1) is 5.82 Å². The Morgan fingerprint density at radius 3 is 2.33 bits per heavy atom. The van der Waals surface area contributed by atoms with Gasteiger partial charge in [0.2, 0.25) is 0 Å². The molecule has 0 N–H and O–H groups in total. The van der Waals surface area contributed by atoms with Gasteiger partial charge in [-0.25, -0.2) is 17.8 Å². The summed E-state index contributed by atoms with van der Waals surface area (Å²) in [7, 11) is -7.34. The maximum Gasteiger partial charge on any atom is 0.264 e. The van der Waals surface area contributed by atoms with Crippen LogP contribution in [-0.2, 0) is 30.7 Å². The Balaban J connectivity index is 2.31. The minimum atomic E-state index is -3.78. The molecule has 6 nitrogen and oxygen atoms in total. The second kappa shape index (κ2) is 6.99. The van der Waals surface area contributed by atoms with E-state index in [2.05, 4.69) is 4.98 Å². The molecular formula is C18H16FNO5S2. The van der Waals surface area contributed by atoms with Crippen LogP contribution in [0.25, 0.3) is 22.0 Å². The number of hydrogen-bond donors (Lipinski definition) is 0. The van der Waals surface area contributed by atoms with Gasteiger partial charge in [-0.15, -0.1) is 0 Å². The lowest BCUT2D eigenvalue weighted by molar-refractivity contribution is 0.308. The summed E-state index contributed by atoms with van der Waals surface area (Å²) in [5.74, 6) is -0.573. The molecule has 0 radical (unpaired) electrons. The lowest BCUT2D eigenvalue weighted by Crippen LogP contribution is -2.07. The van der Waals surface area contributed by atoms with Crippen molar-refractivity contribution >= 4 is 30.9 Å². The number of pyridine rings is 1. The van der Waals surface area contributed by atoms with Crippen molar-refractivity contribution in [3.63, 3.8) is 0 Å². The Kier molecular flexibility index (Phi) is 5.02. The van der Waals surface area contributed by atoms with Gasteiger partial charge in [0.15, 0.2) is 9.84 Å². The zero-order valence-electron chi connectivity index (χ0n) is 14.5. The zero-order chi connectivity index (χ0) is 19.8. The second-order valence-corrected chi connectivity index (χ2v) is 9.66. The molecule has 0 spiro atoms. The highest BCUT2D eigenvalue weighted by molar-refractivity contribution is 7.90. The van der Waals surface area contributed by atoms with Crippen molar-refractivity contribution in [3.05, 3.63) is 60.0 Å². The van der Waals surface area contributed by atoms with E-state index in [1.165, 1.54) is 18.2 Å². The van der Waals surface area contributed by atoms with Gasteiger partial charge in [0.25, 0.3) is 10.1 Å². The molecule has 0 unspecified atom stereocenters. The van der Waals surface area contributed by atoms with Gasteiger partial charge in [-0.2, -0.15) is 8.42 Å². The van der Waals surface area contributed by atoms with E-state index in [4.69, 9.17) is 4.18 Å². The minimum Gasteiger partial charge on any atom is -0.264 e. The summed E-state index contributed by atoms with van der Waals surface area (Å²) in [6.07, 6.45) is 1.96. The summed E-state index contributed by atoms with van der Waals surface area (Å²) in [6.45, 7) is -0.448. The van der Waals surface area contributed by atoms with E-state index in [1.807, 2.05) is 0 Å². The Bertz CT molecular complexity index is 1240. The van der Waals surface area contributed by atoms with Crippen LogP contribution >= 0.6 is 0 Å². The number of fused-ring (bicyclic) bond motifs is 1. The molecule has 142 valence electrons. The first-order valence-electron chi connectivity index (χ1n) is 7.78. The van der Waals surface area contributed by atoms with E-state index >= 15 is 0 Å². The molecule has 0 saturated heterocycles. The van der Waals surface area contributed by atoms with E-state index in [1.54, 1.807) is 30.3 Å². The summed E-state index contributed by atoms with van der Waals surface area (Å²) in [5.41, 5.74) is 0.864. The van der Waals surface area contributed by atoms with Crippen molar-refractivity contribution in [2.45, 2.75) is 11.5 Å². The molecule has 0 bridgehead atoms. The molecule has 3 aromatic rings. The predicted octanol–water partition coefficient (Wildman–Crippen LogP) is 2.92. The Labute approximate surface area is 156 Å². The van der Waals surface area contributed by atoms with Crippen LogP contribution in [0.15, 0.2) is 53.4 Å². The summed E-state index contributed by atoms with van der Waals surface area (Å²) in [6, 6.07) is 12.2. The molecular weight excluding hydrogens is 393 g/mol. The molecule has 3 rings (SSSR count). The third kappa shape index (κ3) is 4.32. The van der Waals surface area contributed by atoms with Gasteiger partial charge in [0, 0.05) is 22.8 Å². The summed E-state index contributed by atoms with van der Waals surface area (Å²) in [5, 5.41) is 0.455. The Hall–Kier alpha value is -2.36. The summed E-state index contributed by atoms with van der Waals surface area (Å²) >= 11 is 0. The smallest absolute Gasteiger partial charge is 0.264 e. The highest BCUT2D eigenvalue weighted by atomic mass is 32.2. The average molecular weight is 409 g/mol. The first kappa shape index (κ1) is 19.4. The van der Waals surface area contributed by atoms with Gasteiger partial charge in [0.05, 0.1) is 16.8 Å². The Morgan fingerprint density at radius 2 is 1.67 bits per heavy atom. The van der Waals surface area contributed by atoms with Crippen molar-refractivity contribution in [3.8, 4) is 11.1 Å². The minimum absolute atomic E-state index is 0.0465. The van der Waals surface area contributed by atoms with Crippen LogP contribution in [0.5, 0.6) is 0 Å². The number of aromatic nitrogens is 1. The first-order valence-corrected chi connectivity index (χ1v) is 11.5. The predicted molar refractivity (Wildman–Crippen MR) is 99.9 cm³/mol. The molecule has 0 aliphatic rings. The maximum atomic E-state index is 14.1. The highest BCUT2D eigenvalue weighted by Gasteiger charge is 2.19. The van der Waals surface area contributed by atoms with Crippen molar-refractivity contribution in [1.82, 2.24) is 4.98 Å². The van der Waals surface area contributed by atoms with Crippen molar-refractivity contribution < 1.29 is 25.4 Å². The fourth-order valence-electron chi connectivity index (χ4n) is 2.72. The summed E-state index contributed by atoms with van der Waals surface area (Å²) in [4.78, 5) is 4.28. The lowest BCUT2D eigenvalue weighted by atomic mass is 10.0. The normalized spacial score (nSPS) is 12.4. The molecule has 0 aliphatic heterocycles. The van der Waals surface area contributed by atoms with Crippen molar-refractivity contribution in [2.75, 3.05) is 12.5 Å². The lowest BCUT2D eigenvalue weighted by Gasteiger charge is -2.14. The third-order valence-corrected chi connectivity index (χ3v) is 5.56. The fourth-order valence-corrected chi connectivity index (χ4v) is 3.95. The van der Waals surface area contributed by atoms with E-state index < -0.39 is 32.4 Å². The van der Waals surface area contributed by atoms with E-state index in [0.29, 0.717) is 16.5 Å². The molecule has 0 fully saturated rings. The van der Waals surface area contributed by atoms with Gasteiger partial charge in [-0.1, -0.05) is 30.3 Å². The Morgan fingerprint density at radius 1 is 0.963 bits per heavy atom. The molecule has 1 heterocycles. The molecule has 0 atom stereocenters. The molecule has 2 aromatic carbocycles. The largest absolute Gasteiger partial charge is 0.264 e. The maximum absolute atomic E-state index is 14.1. The van der Waals surface area contributed by atoms with E-state index in [9.17, 15) is 21.2 Å². The monoisotopic (exact) mass is 409 g/mol. The van der Waals surface area contributed by atoms with Crippen LogP contribution in [0.4, 0.5) is 4.39 Å². The number of benzene rings is 2. The number of sulfone groups is 1. The van der Waals surface area contributed by atoms with Gasteiger partial charge in [-0.3, -0.25) is 4.18 Å². The molecule has 0 aliphatic carbocycles. The molecule has 9 heteroatoms. The SMILES string of the molecule is CS(=O)(=O)OCc1nc2c(F)cccc2cc1-c1ccccc1S(C)(=O)=O. The van der Waals surface area contributed by atoms with Gasteiger partial charge in [-0.05, 0) is 18.2 Å². The molecule has 0 amide bonds. The number of halogens is 1. The second-order valence-electron chi connectivity index (χ2n) is 6.03. The molecule has 0 saturated carbocycles. The number of hydrogen-bond acceptors (Lipinski definition) is 6. The highest BCUT2D eigenvalue weighted by Crippen LogP contribution is 2.32. The first-order chi connectivity index (χ1) is 12.6. The van der Waals surface area contributed by atoms with Crippen molar-refractivity contribution in [1.29, 1.82) is 0 Å². The molecule has 1 aromatic heterocycles. The number of rotatable bonds is 5. The topological polar surface area (TPSA) is 90.4 Å². The van der Waals surface area contributed by atoms with Crippen LogP contribution in [0.2, 0.25) is 0 Å². The molecule has 27 heavy (non-hydrogen) atoms. The van der Waals surface area contributed by atoms with Crippen LogP contribution < -0.4 is 0 Å². The van der Waals surface area contributed by atoms with E-state index in [0.717, 1.165) is 12.5 Å². The van der Waals surface area contributed by atoms with E-state index in [-0.39, 0.29) is 16.1 Å². The zero-order valence-corrected chi connectivity index (χ0v) is 16.1. The standard InChI is InChI=1S/C18H16FNO5S2/c1-26(21,22)17-9-4-3-7-13(17)14-10-12-6-5-8-15(19)18(12)20-16(14)11-25-27(2,23)24/h3-10H,11H2,1-2H3.